The van der Waals surface area contributed by atoms with E-state index in [2.05, 4.69) is 53.0 Å². The molecule has 0 aliphatic heterocycles. The summed E-state index contributed by atoms with van der Waals surface area (Å²) >= 11 is 0. The lowest BCUT2D eigenvalue weighted by Gasteiger charge is -2.18. The fourth-order valence-corrected chi connectivity index (χ4v) is 2.37. The molecule has 4 heteroatoms. The zero-order chi connectivity index (χ0) is 13.8. The largest absolute Gasteiger partial charge is 0.308 e. The molecular weight excluding hydrogens is 236 g/mol. The van der Waals surface area contributed by atoms with Gasteiger partial charge in [0.2, 0.25) is 0 Å². The normalized spacial score (nSPS) is 12.6. The number of hydrogen-bond donors (Lipinski definition) is 1. The van der Waals surface area contributed by atoms with E-state index in [1.165, 1.54) is 16.8 Å². The topological polar surface area (TPSA) is 42.7 Å². The van der Waals surface area contributed by atoms with Gasteiger partial charge in [-0.15, -0.1) is 0 Å². The van der Waals surface area contributed by atoms with Gasteiger partial charge in [-0.2, -0.15) is 5.10 Å². The first-order chi connectivity index (χ1) is 9.19. The summed E-state index contributed by atoms with van der Waals surface area (Å²) < 4.78 is 2.07. The SMILES string of the molecule is CCc1cc(C(NC)c2cncc(C)c2)n(CC)n1. The molecule has 0 radical (unpaired) electrons. The van der Waals surface area contributed by atoms with Crippen LogP contribution >= 0.6 is 0 Å². The van der Waals surface area contributed by atoms with Crippen molar-refractivity contribution >= 4 is 0 Å². The van der Waals surface area contributed by atoms with Gasteiger partial charge in [0.15, 0.2) is 0 Å². The zero-order valence-corrected chi connectivity index (χ0v) is 12.1. The molecule has 0 fully saturated rings. The quantitative estimate of drug-likeness (QED) is 0.896. The number of rotatable bonds is 5. The highest BCUT2D eigenvalue weighted by molar-refractivity contribution is 5.29. The predicted molar refractivity (Wildman–Crippen MR) is 77.2 cm³/mol. The van der Waals surface area contributed by atoms with Crippen molar-refractivity contribution in [2.75, 3.05) is 7.05 Å². The highest BCUT2D eigenvalue weighted by Gasteiger charge is 2.18. The number of nitrogens with zero attached hydrogens (tertiary/aromatic N) is 3. The van der Waals surface area contributed by atoms with Crippen LogP contribution in [0.1, 0.15) is 42.4 Å². The van der Waals surface area contributed by atoms with Crippen molar-refractivity contribution in [3.63, 3.8) is 0 Å². The van der Waals surface area contributed by atoms with Crippen LogP contribution in [0.4, 0.5) is 0 Å². The molecule has 19 heavy (non-hydrogen) atoms. The predicted octanol–water partition coefficient (Wildman–Crippen LogP) is 2.48. The summed E-state index contributed by atoms with van der Waals surface area (Å²) in [5.41, 5.74) is 4.70. The van der Waals surface area contributed by atoms with Crippen molar-refractivity contribution < 1.29 is 0 Å². The number of aromatic nitrogens is 3. The average Bonchev–Trinajstić information content (AvgIpc) is 2.83. The molecule has 2 rings (SSSR count). The molecule has 0 aromatic carbocycles. The third-order valence-corrected chi connectivity index (χ3v) is 3.34. The minimum atomic E-state index is 0.139. The number of aryl methyl sites for hydroxylation is 3. The molecule has 0 bridgehead atoms. The smallest absolute Gasteiger partial charge is 0.0761 e. The van der Waals surface area contributed by atoms with Crippen molar-refractivity contribution in [3.05, 3.63) is 47.0 Å². The van der Waals surface area contributed by atoms with Crippen LogP contribution in [0, 0.1) is 6.92 Å². The van der Waals surface area contributed by atoms with Crippen LogP contribution in [0.2, 0.25) is 0 Å². The van der Waals surface area contributed by atoms with Crippen LogP contribution in [0.5, 0.6) is 0 Å². The summed E-state index contributed by atoms with van der Waals surface area (Å²) in [6.45, 7) is 7.20. The van der Waals surface area contributed by atoms with Gasteiger partial charge in [-0.3, -0.25) is 9.67 Å². The van der Waals surface area contributed by atoms with Crippen LogP contribution < -0.4 is 5.32 Å². The van der Waals surface area contributed by atoms with Gasteiger partial charge in [0.05, 0.1) is 17.4 Å². The maximum Gasteiger partial charge on any atom is 0.0761 e. The van der Waals surface area contributed by atoms with E-state index < -0.39 is 0 Å². The first-order valence-corrected chi connectivity index (χ1v) is 6.85. The van der Waals surface area contributed by atoms with Gasteiger partial charge in [0, 0.05) is 18.9 Å². The summed E-state index contributed by atoms with van der Waals surface area (Å²) in [4.78, 5) is 4.29. The molecule has 0 aliphatic carbocycles. The van der Waals surface area contributed by atoms with Gasteiger partial charge in [-0.05, 0) is 44.5 Å². The van der Waals surface area contributed by atoms with Gasteiger partial charge < -0.3 is 5.32 Å². The van der Waals surface area contributed by atoms with E-state index in [1.54, 1.807) is 0 Å². The number of nitrogens with one attached hydrogen (secondary N) is 1. The van der Waals surface area contributed by atoms with Crippen molar-refractivity contribution in [2.24, 2.45) is 0 Å². The molecule has 1 N–H and O–H groups in total. The maximum absolute atomic E-state index is 4.62. The Morgan fingerprint density at radius 1 is 1.26 bits per heavy atom. The maximum atomic E-state index is 4.62. The Labute approximate surface area is 114 Å². The Balaban J connectivity index is 2.44. The van der Waals surface area contributed by atoms with Gasteiger partial charge in [-0.1, -0.05) is 13.0 Å². The molecule has 2 aromatic rings. The van der Waals surface area contributed by atoms with E-state index in [1.807, 2.05) is 19.4 Å². The van der Waals surface area contributed by atoms with E-state index in [-0.39, 0.29) is 6.04 Å². The van der Waals surface area contributed by atoms with Crippen LogP contribution in [-0.4, -0.2) is 21.8 Å². The van der Waals surface area contributed by atoms with Gasteiger partial charge >= 0.3 is 0 Å². The van der Waals surface area contributed by atoms with Crippen molar-refractivity contribution in [1.29, 1.82) is 0 Å². The fraction of sp³-hybridized carbons (Fsp3) is 0.467. The number of hydrogen-bond acceptors (Lipinski definition) is 3. The lowest BCUT2D eigenvalue weighted by atomic mass is 10.0. The zero-order valence-electron chi connectivity index (χ0n) is 12.1. The van der Waals surface area contributed by atoms with Gasteiger partial charge in [0.1, 0.15) is 0 Å². The second-order valence-electron chi connectivity index (χ2n) is 4.75. The Bertz CT molecular complexity index is 545. The van der Waals surface area contributed by atoms with Crippen molar-refractivity contribution in [2.45, 2.75) is 39.8 Å². The summed E-state index contributed by atoms with van der Waals surface area (Å²) in [5, 5.41) is 7.99. The summed E-state index contributed by atoms with van der Waals surface area (Å²) in [6.07, 6.45) is 4.76. The third-order valence-electron chi connectivity index (χ3n) is 3.34. The first kappa shape index (κ1) is 13.7. The molecule has 0 amide bonds. The molecule has 0 aliphatic rings. The second-order valence-corrected chi connectivity index (χ2v) is 4.75. The fourth-order valence-electron chi connectivity index (χ4n) is 2.37. The molecule has 0 saturated heterocycles. The summed E-state index contributed by atoms with van der Waals surface area (Å²) in [7, 11) is 1.98. The van der Waals surface area contributed by atoms with Crippen molar-refractivity contribution in [1.82, 2.24) is 20.1 Å². The molecule has 4 nitrogen and oxygen atoms in total. The second kappa shape index (κ2) is 5.97. The Morgan fingerprint density at radius 3 is 2.63 bits per heavy atom. The Kier molecular flexibility index (Phi) is 4.32. The third kappa shape index (κ3) is 2.84. The van der Waals surface area contributed by atoms with Crippen LogP contribution in [0.3, 0.4) is 0 Å². The van der Waals surface area contributed by atoms with Crippen LogP contribution in [-0.2, 0) is 13.0 Å². The number of pyridine rings is 1. The van der Waals surface area contributed by atoms with E-state index in [0.29, 0.717) is 0 Å². The monoisotopic (exact) mass is 258 g/mol. The Morgan fingerprint density at radius 2 is 2.05 bits per heavy atom. The molecular formula is C15H22N4. The molecule has 0 saturated carbocycles. The molecule has 2 heterocycles. The highest BCUT2D eigenvalue weighted by Crippen LogP contribution is 2.23. The first-order valence-electron chi connectivity index (χ1n) is 6.85. The van der Waals surface area contributed by atoms with Crippen molar-refractivity contribution in [3.8, 4) is 0 Å². The standard InChI is InChI=1S/C15H22N4/c1-5-13-8-14(19(6-2)18-13)15(16-4)12-7-11(3)9-17-10-12/h7-10,15-16H,5-6H2,1-4H3. The molecule has 1 atom stereocenters. The van der Waals surface area contributed by atoms with E-state index in [9.17, 15) is 0 Å². The molecule has 1 unspecified atom stereocenters. The van der Waals surface area contributed by atoms with E-state index in [0.717, 1.165) is 18.7 Å². The lowest BCUT2D eigenvalue weighted by Crippen LogP contribution is -2.21. The minimum absolute atomic E-state index is 0.139. The summed E-state index contributed by atoms with van der Waals surface area (Å²) in [6, 6.07) is 4.50. The lowest BCUT2D eigenvalue weighted by molar-refractivity contribution is 0.559. The van der Waals surface area contributed by atoms with Crippen LogP contribution in [0.25, 0.3) is 0 Å². The van der Waals surface area contributed by atoms with E-state index in [4.69, 9.17) is 0 Å². The van der Waals surface area contributed by atoms with Gasteiger partial charge in [-0.25, -0.2) is 0 Å². The van der Waals surface area contributed by atoms with Gasteiger partial charge in [0.25, 0.3) is 0 Å². The Hall–Kier alpha value is -1.68. The average molecular weight is 258 g/mol. The minimum Gasteiger partial charge on any atom is -0.308 e. The summed E-state index contributed by atoms with van der Waals surface area (Å²) in [5.74, 6) is 0. The van der Waals surface area contributed by atoms with Crippen LogP contribution in [0.15, 0.2) is 24.5 Å². The molecule has 0 spiro atoms. The van der Waals surface area contributed by atoms with E-state index >= 15 is 0 Å². The molecule has 102 valence electrons. The molecule has 2 aromatic heterocycles. The highest BCUT2D eigenvalue weighted by atomic mass is 15.3.